The van der Waals surface area contributed by atoms with Gasteiger partial charge in [0.25, 0.3) is 0 Å². The molecule has 1 saturated heterocycles. The normalized spacial score (nSPS) is 16.6. The molecule has 0 aromatic heterocycles. The number of amides is 2. The van der Waals surface area contributed by atoms with Crippen molar-refractivity contribution in [3.8, 4) is 0 Å². The molecule has 1 N–H and O–H groups in total. The molecule has 0 atom stereocenters. The number of likely N-dealkylation sites (tertiary alicyclic amines) is 1. The quantitative estimate of drug-likeness (QED) is 0.770. The van der Waals surface area contributed by atoms with Crippen LogP contribution in [0.15, 0.2) is 0 Å². The molecule has 2 amide bonds. The lowest BCUT2D eigenvalue weighted by atomic mass is 10.1. The molecule has 1 heterocycles. The van der Waals surface area contributed by atoms with E-state index < -0.39 is 11.7 Å². The van der Waals surface area contributed by atoms with Crippen molar-refractivity contribution in [3.05, 3.63) is 0 Å². The first-order chi connectivity index (χ1) is 7.31. The number of carbonyl (C=O) groups excluding carboxylic acids is 2. The minimum absolute atomic E-state index is 0.0327. The van der Waals surface area contributed by atoms with Gasteiger partial charge in [-0.3, -0.25) is 4.79 Å². The van der Waals surface area contributed by atoms with Crippen LogP contribution in [0.2, 0.25) is 0 Å². The van der Waals surface area contributed by atoms with Gasteiger partial charge >= 0.3 is 6.09 Å². The lowest BCUT2D eigenvalue weighted by Crippen LogP contribution is -2.61. The van der Waals surface area contributed by atoms with Gasteiger partial charge in [0.1, 0.15) is 5.60 Å². The Hall–Kier alpha value is -1.26. The first-order valence-corrected chi connectivity index (χ1v) is 5.59. The SMILES string of the molecule is CCC(=O)N1CC(NC(=O)OC(C)(C)C)C1. The van der Waals surface area contributed by atoms with Crippen molar-refractivity contribution in [2.45, 2.75) is 45.8 Å². The smallest absolute Gasteiger partial charge is 0.407 e. The summed E-state index contributed by atoms with van der Waals surface area (Å²) in [7, 11) is 0. The third kappa shape index (κ3) is 3.72. The Kier molecular flexibility index (Phi) is 3.78. The van der Waals surface area contributed by atoms with Gasteiger partial charge in [0, 0.05) is 19.5 Å². The van der Waals surface area contributed by atoms with Gasteiger partial charge in [-0.15, -0.1) is 0 Å². The molecule has 0 unspecified atom stereocenters. The van der Waals surface area contributed by atoms with E-state index in [1.165, 1.54) is 0 Å². The van der Waals surface area contributed by atoms with E-state index in [1.54, 1.807) is 4.90 Å². The van der Waals surface area contributed by atoms with Crippen LogP contribution in [0.1, 0.15) is 34.1 Å². The Bertz CT molecular complexity index is 277. The molecule has 1 fully saturated rings. The molecule has 16 heavy (non-hydrogen) atoms. The number of nitrogens with one attached hydrogen (secondary N) is 1. The van der Waals surface area contributed by atoms with Crippen molar-refractivity contribution in [1.82, 2.24) is 10.2 Å². The van der Waals surface area contributed by atoms with Crippen LogP contribution < -0.4 is 5.32 Å². The van der Waals surface area contributed by atoms with Crippen molar-refractivity contribution < 1.29 is 14.3 Å². The third-order valence-corrected chi connectivity index (χ3v) is 2.26. The van der Waals surface area contributed by atoms with Crippen molar-refractivity contribution >= 4 is 12.0 Å². The molecule has 92 valence electrons. The van der Waals surface area contributed by atoms with Crippen LogP contribution in [-0.2, 0) is 9.53 Å². The van der Waals surface area contributed by atoms with E-state index in [9.17, 15) is 9.59 Å². The lowest BCUT2D eigenvalue weighted by Gasteiger charge is -2.39. The number of rotatable bonds is 2. The summed E-state index contributed by atoms with van der Waals surface area (Å²) in [6.07, 6.45) is 0.0974. The zero-order valence-electron chi connectivity index (χ0n) is 10.4. The topological polar surface area (TPSA) is 58.6 Å². The summed E-state index contributed by atoms with van der Waals surface area (Å²) in [5, 5.41) is 2.73. The largest absolute Gasteiger partial charge is 0.444 e. The second-order valence-electron chi connectivity index (χ2n) is 5.00. The first-order valence-electron chi connectivity index (χ1n) is 5.59. The number of hydrogen-bond donors (Lipinski definition) is 1. The van der Waals surface area contributed by atoms with Crippen LogP contribution in [0.3, 0.4) is 0 Å². The van der Waals surface area contributed by atoms with Crippen molar-refractivity contribution in [2.75, 3.05) is 13.1 Å². The highest BCUT2D eigenvalue weighted by Crippen LogP contribution is 2.11. The maximum atomic E-state index is 11.4. The summed E-state index contributed by atoms with van der Waals surface area (Å²) in [5.74, 6) is 0.127. The monoisotopic (exact) mass is 228 g/mol. The van der Waals surface area contributed by atoms with E-state index >= 15 is 0 Å². The molecule has 0 spiro atoms. The zero-order valence-corrected chi connectivity index (χ0v) is 10.4. The lowest BCUT2D eigenvalue weighted by molar-refractivity contribution is -0.135. The fraction of sp³-hybridized carbons (Fsp3) is 0.818. The van der Waals surface area contributed by atoms with E-state index in [0.717, 1.165) is 0 Å². The van der Waals surface area contributed by atoms with Crippen molar-refractivity contribution in [3.63, 3.8) is 0 Å². The average Bonchev–Trinajstić information content (AvgIpc) is 2.06. The Morgan fingerprint density at radius 3 is 2.38 bits per heavy atom. The summed E-state index contributed by atoms with van der Waals surface area (Å²) < 4.78 is 5.11. The van der Waals surface area contributed by atoms with E-state index in [-0.39, 0.29) is 11.9 Å². The molecule has 5 heteroatoms. The van der Waals surface area contributed by atoms with Gasteiger partial charge < -0.3 is 15.0 Å². The Morgan fingerprint density at radius 2 is 1.94 bits per heavy atom. The maximum absolute atomic E-state index is 11.4. The van der Waals surface area contributed by atoms with Crippen LogP contribution in [0.4, 0.5) is 4.79 Å². The number of carbonyl (C=O) groups is 2. The average molecular weight is 228 g/mol. The van der Waals surface area contributed by atoms with Crippen LogP contribution in [0.25, 0.3) is 0 Å². The summed E-state index contributed by atoms with van der Waals surface area (Å²) in [6.45, 7) is 8.47. The minimum atomic E-state index is -0.479. The van der Waals surface area contributed by atoms with Crippen LogP contribution in [0, 0.1) is 0 Å². The molecule has 1 aliphatic rings. The molecule has 0 bridgehead atoms. The van der Waals surface area contributed by atoms with E-state index in [4.69, 9.17) is 4.74 Å². The number of hydrogen-bond acceptors (Lipinski definition) is 3. The fourth-order valence-electron chi connectivity index (χ4n) is 1.47. The van der Waals surface area contributed by atoms with Gasteiger partial charge in [-0.25, -0.2) is 4.79 Å². The van der Waals surface area contributed by atoms with Gasteiger partial charge in [0.15, 0.2) is 0 Å². The molecule has 0 aromatic carbocycles. The zero-order chi connectivity index (χ0) is 12.3. The highest BCUT2D eigenvalue weighted by atomic mass is 16.6. The minimum Gasteiger partial charge on any atom is -0.444 e. The Balaban J connectivity index is 2.22. The molecule has 0 saturated carbocycles. The van der Waals surface area contributed by atoms with Crippen LogP contribution in [0.5, 0.6) is 0 Å². The number of ether oxygens (including phenoxy) is 1. The standard InChI is InChI=1S/C11H20N2O3/c1-5-9(14)13-6-8(7-13)12-10(15)16-11(2,3)4/h8H,5-7H2,1-4H3,(H,12,15). The summed E-state index contributed by atoms with van der Waals surface area (Å²) in [4.78, 5) is 24.3. The van der Waals surface area contributed by atoms with E-state index in [0.29, 0.717) is 19.5 Å². The third-order valence-electron chi connectivity index (χ3n) is 2.26. The fourth-order valence-corrected chi connectivity index (χ4v) is 1.47. The van der Waals surface area contributed by atoms with E-state index in [2.05, 4.69) is 5.32 Å². The van der Waals surface area contributed by atoms with Crippen molar-refractivity contribution in [2.24, 2.45) is 0 Å². The molecular weight excluding hydrogens is 208 g/mol. The van der Waals surface area contributed by atoms with Gasteiger partial charge in [0.2, 0.25) is 5.91 Å². The summed E-state index contributed by atoms with van der Waals surface area (Å²) in [6, 6.07) is 0.0327. The Morgan fingerprint density at radius 1 is 1.38 bits per heavy atom. The van der Waals surface area contributed by atoms with Crippen LogP contribution >= 0.6 is 0 Å². The summed E-state index contributed by atoms with van der Waals surface area (Å²) in [5.41, 5.74) is -0.479. The molecule has 1 aliphatic heterocycles. The Labute approximate surface area is 96.1 Å². The highest BCUT2D eigenvalue weighted by molar-refractivity contribution is 5.77. The summed E-state index contributed by atoms with van der Waals surface area (Å²) >= 11 is 0. The molecule has 1 rings (SSSR count). The maximum Gasteiger partial charge on any atom is 0.407 e. The van der Waals surface area contributed by atoms with Gasteiger partial charge in [-0.1, -0.05) is 6.92 Å². The molecule has 0 aromatic rings. The second kappa shape index (κ2) is 4.72. The number of nitrogens with zero attached hydrogens (tertiary/aromatic N) is 1. The highest BCUT2D eigenvalue weighted by Gasteiger charge is 2.31. The predicted molar refractivity (Wildman–Crippen MR) is 60.0 cm³/mol. The molecule has 5 nitrogen and oxygen atoms in total. The predicted octanol–water partition coefficient (Wildman–Crippen LogP) is 1.13. The second-order valence-corrected chi connectivity index (χ2v) is 5.00. The van der Waals surface area contributed by atoms with Crippen molar-refractivity contribution in [1.29, 1.82) is 0 Å². The molecular formula is C11H20N2O3. The van der Waals surface area contributed by atoms with E-state index in [1.807, 2.05) is 27.7 Å². The van der Waals surface area contributed by atoms with Gasteiger partial charge in [-0.2, -0.15) is 0 Å². The molecule has 0 radical (unpaired) electrons. The number of alkyl carbamates (subject to hydrolysis) is 1. The van der Waals surface area contributed by atoms with Gasteiger partial charge in [-0.05, 0) is 20.8 Å². The van der Waals surface area contributed by atoms with Gasteiger partial charge in [0.05, 0.1) is 6.04 Å². The first kappa shape index (κ1) is 12.8. The van der Waals surface area contributed by atoms with Crippen LogP contribution in [-0.4, -0.2) is 41.6 Å². The molecule has 0 aliphatic carbocycles.